The van der Waals surface area contributed by atoms with E-state index in [9.17, 15) is 9.90 Å². The van der Waals surface area contributed by atoms with Crippen molar-refractivity contribution in [2.75, 3.05) is 0 Å². The highest BCUT2D eigenvalue weighted by atomic mass is 35.5. The van der Waals surface area contributed by atoms with Crippen molar-refractivity contribution in [3.05, 3.63) is 70.2 Å². The van der Waals surface area contributed by atoms with E-state index in [1.54, 1.807) is 30.3 Å². The molecule has 3 heteroatoms. The summed E-state index contributed by atoms with van der Waals surface area (Å²) in [5.41, 5.74) is 1.29. The molecule has 2 aromatic rings. The van der Waals surface area contributed by atoms with Gasteiger partial charge in [0.1, 0.15) is 0 Å². The van der Waals surface area contributed by atoms with Crippen LogP contribution in [0, 0.1) is 5.41 Å². The van der Waals surface area contributed by atoms with Gasteiger partial charge in [0.15, 0.2) is 5.78 Å². The van der Waals surface area contributed by atoms with Crippen molar-refractivity contribution in [2.24, 2.45) is 5.41 Å². The summed E-state index contributed by atoms with van der Waals surface area (Å²) in [4.78, 5) is 12.7. The van der Waals surface area contributed by atoms with E-state index >= 15 is 0 Å². The molecule has 0 saturated carbocycles. The summed E-state index contributed by atoms with van der Waals surface area (Å²) in [5.74, 6) is -0.128. The van der Waals surface area contributed by atoms with E-state index in [0.717, 1.165) is 0 Å². The smallest absolute Gasteiger partial charge is 0.193 e. The number of rotatable bonds is 3. The van der Waals surface area contributed by atoms with Crippen LogP contribution < -0.4 is 0 Å². The number of ketones is 1. The molecular formula is C18H19ClO2. The number of hydrogen-bond donors (Lipinski definition) is 1. The van der Waals surface area contributed by atoms with Crippen LogP contribution >= 0.6 is 11.6 Å². The average Bonchev–Trinajstić information content (AvgIpc) is 2.45. The third-order valence-corrected chi connectivity index (χ3v) is 3.65. The van der Waals surface area contributed by atoms with Crippen LogP contribution in [0.2, 0.25) is 5.02 Å². The molecule has 2 aromatic carbocycles. The zero-order valence-electron chi connectivity index (χ0n) is 12.4. The lowest BCUT2D eigenvalue weighted by molar-refractivity contribution is 0.0614. The topological polar surface area (TPSA) is 37.3 Å². The van der Waals surface area contributed by atoms with Crippen molar-refractivity contribution in [3.8, 4) is 0 Å². The van der Waals surface area contributed by atoms with E-state index in [0.29, 0.717) is 21.7 Å². The van der Waals surface area contributed by atoms with Gasteiger partial charge in [0.05, 0.1) is 6.10 Å². The van der Waals surface area contributed by atoms with E-state index in [4.69, 9.17) is 11.6 Å². The number of carbonyl (C=O) groups is 1. The molecule has 1 unspecified atom stereocenters. The van der Waals surface area contributed by atoms with E-state index in [1.165, 1.54) is 0 Å². The van der Waals surface area contributed by atoms with Gasteiger partial charge in [-0.2, -0.15) is 0 Å². The molecule has 2 nitrogen and oxygen atoms in total. The van der Waals surface area contributed by atoms with E-state index < -0.39 is 6.10 Å². The molecule has 21 heavy (non-hydrogen) atoms. The Morgan fingerprint density at radius 2 is 1.71 bits per heavy atom. The SMILES string of the molecule is CC(C)(C)C(O)c1ccc(Cl)cc1C(=O)c1ccccc1. The van der Waals surface area contributed by atoms with Crippen molar-refractivity contribution in [3.63, 3.8) is 0 Å². The standard InChI is InChI=1S/C18H19ClO2/c1-18(2,3)17(21)14-10-9-13(19)11-15(14)16(20)12-7-5-4-6-8-12/h4-11,17,21H,1-3H3. The van der Waals surface area contributed by atoms with Gasteiger partial charge in [0.25, 0.3) is 0 Å². The second-order valence-corrected chi connectivity index (χ2v) is 6.63. The molecule has 0 amide bonds. The normalized spacial score (nSPS) is 13.0. The first-order valence-corrected chi connectivity index (χ1v) is 7.26. The molecule has 0 bridgehead atoms. The molecule has 0 saturated heterocycles. The average molecular weight is 303 g/mol. The van der Waals surface area contributed by atoms with Crippen LogP contribution in [0.25, 0.3) is 0 Å². The molecule has 2 rings (SSSR count). The lowest BCUT2D eigenvalue weighted by Gasteiger charge is -2.27. The summed E-state index contributed by atoms with van der Waals surface area (Å²) in [6.07, 6.45) is -0.738. The molecule has 110 valence electrons. The van der Waals surface area contributed by atoms with Gasteiger partial charge in [-0.25, -0.2) is 0 Å². The first-order chi connectivity index (χ1) is 9.80. The third-order valence-electron chi connectivity index (χ3n) is 3.41. The van der Waals surface area contributed by atoms with Crippen LogP contribution in [0.5, 0.6) is 0 Å². The van der Waals surface area contributed by atoms with Gasteiger partial charge < -0.3 is 5.11 Å². The fourth-order valence-corrected chi connectivity index (χ4v) is 2.35. The molecule has 0 aliphatic rings. The van der Waals surface area contributed by atoms with E-state index in [1.807, 2.05) is 39.0 Å². The van der Waals surface area contributed by atoms with Crippen LogP contribution in [0.15, 0.2) is 48.5 Å². The maximum absolute atomic E-state index is 12.7. The van der Waals surface area contributed by atoms with Crippen LogP contribution in [0.4, 0.5) is 0 Å². The fraction of sp³-hybridized carbons (Fsp3) is 0.278. The minimum absolute atomic E-state index is 0.128. The highest BCUT2D eigenvalue weighted by Crippen LogP contribution is 2.35. The monoisotopic (exact) mass is 302 g/mol. The quantitative estimate of drug-likeness (QED) is 0.838. The Kier molecular flexibility index (Phi) is 4.50. The Balaban J connectivity index is 2.53. The fourth-order valence-electron chi connectivity index (χ4n) is 2.18. The molecule has 0 spiro atoms. The number of hydrogen-bond acceptors (Lipinski definition) is 2. The van der Waals surface area contributed by atoms with E-state index in [2.05, 4.69) is 0 Å². The Morgan fingerprint density at radius 1 is 1.10 bits per heavy atom. The Morgan fingerprint density at radius 3 is 2.29 bits per heavy atom. The molecule has 0 aliphatic carbocycles. The number of benzene rings is 2. The molecule has 1 atom stereocenters. The Hall–Kier alpha value is -1.64. The van der Waals surface area contributed by atoms with Crippen molar-refractivity contribution >= 4 is 17.4 Å². The summed E-state index contributed by atoms with van der Waals surface area (Å²) in [6, 6.07) is 14.1. The summed E-state index contributed by atoms with van der Waals surface area (Å²) in [7, 11) is 0. The lowest BCUT2D eigenvalue weighted by atomic mass is 9.82. The zero-order chi connectivity index (χ0) is 15.6. The molecule has 0 aromatic heterocycles. The van der Waals surface area contributed by atoms with Gasteiger partial charge >= 0.3 is 0 Å². The van der Waals surface area contributed by atoms with Gasteiger partial charge in [-0.15, -0.1) is 0 Å². The van der Waals surface area contributed by atoms with Crippen molar-refractivity contribution < 1.29 is 9.90 Å². The summed E-state index contributed by atoms with van der Waals surface area (Å²) in [6.45, 7) is 5.80. The van der Waals surface area contributed by atoms with Crippen molar-refractivity contribution in [2.45, 2.75) is 26.9 Å². The molecule has 0 aliphatic heterocycles. The van der Waals surface area contributed by atoms with Gasteiger partial charge in [-0.3, -0.25) is 4.79 Å². The zero-order valence-corrected chi connectivity index (χ0v) is 13.2. The second kappa shape index (κ2) is 6.00. The van der Waals surface area contributed by atoms with Crippen LogP contribution in [0.1, 0.15) is 48.4 Å². The maximum Gasteiger partial charge on any atom is 0.193 e. The minimum Gasteiger partial charge on any atom is -0.388 e. The van der Waals surface area contributed by atoms with Crippen molar-refractivity contribution in [1.82, 2.24) is 0 Å². The number of aliphatic hydroxyl groups is 1. The number of aliphatic hydroxyl groups excluding tert-OH is 1. The van der Waals surface area contributed by atoms with Crippen LogP contribution in [-0.4, -0.2) is 10.9 Å². The minimum atomic E-state index is -0.738. The van der Waals surface area contributed by atoms with Gasteiger partial charge in [0.2, 0.25) is 0 Å². The van der Waals surface area contributed by atoms with Crippen LogP contribution in [0.3, 0.4) is 0 Å². The van der Waals surface area contributed by atoms with Gasteiger partial charge in [0, 0.05) is 16.1 Å². The molecule has 0 radical (unpaired) electrons. The first kappa shape index (κ1) is 15.7. The highest BCUT2D eigenvalue weighted by molar-refractivity contribution is 6.31. The second-order valence-electron chi connectivity index (χ2n) is 6.20. The van der Waals surface area contributed by atoms with Crippen molar-refractivity contribution in [1.29, 1.82) is 0 Å². The largest absolute Gasteiger partial charge is 0.388 e. The molecular weight excluding hydrogens is 284 g/mol. The van der Waals surface area contributed by atoms with Gasteiger partial charge in [-0.05, 0) is 23.1 Å². The predicted octanol–water partition coefficient (Wildman–Crippen LogP) is 4.65. The highest BCUT2D eigenvalue weighted by Gasteiger charge is 2.28. The maximum atomic E-state index is 12.7. The Bertz CT molecular complexity index is 642. The van der Waals surface area contributed by atoms with Gasteiger partial charge in [-0.1, -0.05) is 68.8 Å². The lowest BCUT2D eigenvalue weighted by Crippen LogP contribution is -2.20. The van der Waals surface area contributed by atoms with E-state index in [-0.39, 0.29) is 11.2 Å². The summed E-state index contributed by atoms with van der Waals surface area (Å²) < 4.78 is 0. The van der Waals surface area contributed by atoms with Crippen LogP contribution in [-0.2, 0) is 0 Å². The third kappa shape index (κ3) is 3.52. The number of halogens is 1. The number of carbonyl (C=O) groups excluding carboxylic acids is 1. The first-order valence-electron chi connectivity index (χ1n) is 6.88. The predicted molar refractivity (Wildman–Crippen MR) is 85.7 cm³/mol. The molecule has 0 heterocycles. The summed E-state index contributed by atoms with van der Waals surface area (Å²) >= 11 is 6.03. The molecule has 1 N–H and O–H groups in total. The summed E-state index contributed by atoms with van der Waals surface area (Å²) in [5, 5.41) is 11.0. The Labute approximate surface area is 130 Å². The molecule has 0 fully saturated rings.